The Balaban J connectivity index is 1.97. The summed E-state index contributed by atoms with van der Waals surface area (Å²) < 4.78 is 10.6. The molecular formula is C15H20N4O2. The van der Waals surface area contributed by atoms with Crippen LogP contribution in [0.25, 0.3) is 0 Å². The highest BCUT2D eigenvalue weighted by Crippen LogP contribution is 2.22. The van der Waals surface area contributed by atoms with E-state index in [-0.39, 0.29) is 0 Å². The van der Waals surface area contributed by atoms with Crippen LogP contribution in [0.15, 0.2) is 30.6 Å². The summed E-state index contributed by atoms with van der Waals surface area (Å²) >= 11 is 0. The van der Waals surface area contributed by atoms with E-state index in [1.54, 1.807) is 19.5 Å². The third kappa shape index (κ3) is 4.24. The fraction of sp³-hybridized carbons (Fsp3) is 0.333. The Hall–Kier alpha value is -2.50. The molecule has 0 aliphatic carbocycles. The van der Waals surface area contributed by atoms with Crippen molar-refractivity contribution in [1.29, 1.82) is 0 Å². The van der Waals surface area contributed by atoms with Gasteiger partial charge in [0.25, 0.3) is 0 Å². The molecule has 1 aromatic carbocycles. The van der Waals surface area contributed by atoms with E-state index < -0.39 is 0 Å². The highest BCUT2D eigenvalue weighted by molar-refractivity contribution is 5.54. The number of nitrogen functional groups attached to an aromatic ring is 1. The van der Waals surface area contributed by atoms with Crippen molar-refractivity contribution in [3.63, 3.8) is 0 Å². The van der Waals surface area contributed by atoms with Crippen LogP contribution >= 0.6 is 0 Å². The van der Waals surface area contributed by atoms with E-state index in [0.29, 0.717) is 36.3 Å². The monoisotopic (exact) mass is 288 g/mol. The summed E-state index contributed by atoms with van der Waals surface area (Å²) in [6.07, 6.45) is 4.20. The molecule has 1 heterocycles. The lowest BCUT2D eigenvalue weighted by Crippen LogP contribution is -2.05. The molecule has 0 unspecified atom stereocenters. The minimum atomic E-state index is 0.524. The van der Waals surface area contributed by atoms with Crippen molar-refractivity contribution < 1.29 is 9.47 Å². The average molecular weight is 288 g/mol. The van der Waals surface area contributed by atoms with Crippen molar-refractivity contribution in [3.05, 3.63) is 36.2 Å². The van der Waals surface area contributed by atoms with Crippen LogP contribution in [0.1, 0.15) is 18.9 Å². The highest BCUT2D eigenvalue weighted by Gasteiger charge is 2.03. The molecule has 3 N–H and O–H groups in total. The van der Waals surface area contributed by atoms with Gasteiger partial charge in [0.1, 0.15) is 11.6 Å². The van der Waals surface area contributed by atoms with Gasteiger partial charge in [-0.25, -0.2) is 0 Å². The predicted octanol–water partition coefficient (Wildman–Crippen LogP) is 2.47. The van der Waals surface area contributed by atoms with Crippen molar-refractivity contribution in [1.82, 2.24) is 9.97 Å². The summed E-state index contributed by atoms with van der Waals surface area (Å²) in [6, 6.07) is 5.67. The Bertz CT molecular complexity index is 590. The van der Waals surface area contributed by atoms with E-state index in [2.05, 4.69) is 15.3 Å². The lowest BCUT2D eigenvalue weighted by atomic mass is 10.2. The number of aromatic nitrogens is 2. The standard InChI is InChI=1S/C15H20N4O2/c1-3-6-21-15-10-17-9-14(19-15)18-8-11-4-5-13(20-2)12(16)7-11/h4-5,7,9-10H,3,6,8,16H2,1-2H3,(H,18,19). The van der Waals surface area contributed by atoms with E-state index in [1.807, 2.05) is 25.1 Å². The molecule has 0 spiro atoms. The number of nitrogens with zero attached hydrogens (tertiary/aromatic N) is 2. The van der Waals surface area contributed by atoms with Gasteiger partial charge in [0.2, 0.25) is 5.88 Å². The van der Waals surface area contributed by atoms with E-state index in [9.17, 15) is 0 Å². The second kappa shape index (κ2) is 7.33. The van der Waals surface area contributed by atoms with E-state index in [1.165, 1.54) is 0 Å². The van der Waals surface area contributed by atoms with E-state index in [0.717, 1.165) is 12.0 Å². The molecule has 0 radical (unpaired) electrons. The second-order valence-electron chi connectivity index (χ2n) is 4.52. The SMILES string of the molecule is CCCOc1cncc(NCc2ccc(OC)c(N)c2)n1. The summed E-state index contributed by atoms with van der Waals surface area (Å²) in [5.74, 6) is 1.86. The first kappa shape index (κ1) is 14.9. The number of methoxy groups -OCH3 is 1. The molecule has 2 aromatic rings. The number of hydrogen-bond donors (Lipinski definition) is 2. The highest BCUT2D eigenvalue weighted by atomic mass is 16.5. The molecule has 21 heavy (non-hydrogen) atoms. The summed E-state index contributed by atoms with van der Waals surface area (Å²) in [6.45, 7) is 3.27. The molecule has 0 bridgehead atoms. The van der Waals surface area contributed by atoms with Crippen LogP contribution < -0.4 is 20.5 Å². The Morgan fingerprint density at radius 3 is 2.86 bits per heavy atom. The first-order chi connectivity index (χ1) is 10.2. The fourth-order valence-electron chi connectivity index (χ4n) is 1.80. The summed E-state index contributed by atoms with van der Waals surface area (Å²) in [7, 11) is 1.60. The van der Waals surface area contributed by atoms with Gasteiger partial charge < -0.3 is 20.5 Å². The van der Waals surface area contributed by atoms with Gasteiger partial charge in [-0.15, -0.1) is 0 Å². The predicted molar refractivity (Wildman–Crippen MR) is 82.6 cm³/mol. The number of benzene rings is 1. The van der Waals surface area contributed by atoms with Crippen molar-refractivity contribution in [2.24, 2.45) is 0 Å². The number of rotatable bonds is 7. The molecule has 1 aromatic heterocycles. The lowest BCUT2D eigenvalue weighted by molar-refractivity contribution is 0.304. The molecule has 6 nitrogen and oxygen atoms in total. The average Bonchev–Trinajstić information content (AvgIpc) is 2.51. The number of nitrogens with one attached hydrogen (secondary N) is 1. The first-order valence-corrected chi connectivity index (χ1v) is 6.84. The van der Waals surface area contributed by atoms with E-state index in [4.69, 9.17) is 15.2 Å². The molecular weight excluding hydrogens is 268 g/mol. The Kier molecular flexibility index (Phi) is 5.20. The fourth-order valence-corrected chi connectivity index (χ4v) is 1.80. The summed E-state index contributed by atoms with van der Waals surface area (Å²) in [5.41, 5.74) is 7.53. The largest absolute Gasteiger partial charge is 0.495 e. The molecule has 2 rings (SSSR count). The second-order valence-corrected chi connectivity index (χ2v) is 4.52. The zero-order chi connectivity index (χ0) is 15.1. The van der Waals surface area contributed by atoms with Gasteiger partial charge in [-0.1, -0.05) is 13.0 Å². The molecule has 6 heteroatoms. The molecule has 0 fully saturated rings. The molecule has 0 aliphatic heterocycles. The smallest absolute Gasteiger partial charge is 0.234 e. The van der Waals surface area contributed by atoms with Gasteiger partial charge in [0, 0.05) is 6.54 Å². The minimum Gasteiger partial charge on any atom is -0.495 e. The summed E-state index contributed by atoms with van der Waals surface area (Å²) in [5, 5.41) is 3.19. The molecule has 0 saturated carbocycles. The molecule has 0 amide bonds. The van der Waals surface area contributed by atoms with Crippen LogP contribution in [0, 0.1) is 0 Å². The van der Waals surface area contributed by atoms with Gasteiger partial charge in [-0.05, 0) is 24.1 Å². The molecule has 0 aliphatic rings. The van der Waals surface area contributed by atoms with Crippen molar-refractivity contribution >= 4 is 11.5 Å². The van der Waals surface area contributed by atoms with Crippen LogP contribution in [0.2, 0.25) is 0 Å². The van der Waals surface area contributed by atoms with Crippen molar-refractivity contribution in [2.75, 3.05) is 24.8 Å². The summed E-state index contributed by atoms with van der Waals surface area (Å²) in [4.78, 5) is 8.43. The van der Waals surface area contributed by atoms with Crippen molar-refractivity contribution in [2.45, 2.75) is 19.9 Å². The number of nitrogens with two attached hydrogens (primary N) is 1. The maximum atomic E-state index is 5.88. The number of hydrogen-bond acceptors (Lipinski definition) is 6. The zero-order valence-electron chi connectivity index (χ0n) is 12.3. The molecule has 0 saturated heterocycles. The van der Waals surface area contributed by atoms with Crippen LogP contribution in [0.4, 0.5) is 11.5 Å². The van der Waals surface area contributed by atoms with Crippen LogP contribution in [-0.2, 0) is 6.54 Å². The topological polar surface area (TPSA) is 82.3 Å². The van der Waals surface area contributed by atoms with Crippen molar-refractivity contribution in [3.8, 4) is 11.6 Å². The zero-order valence-corrected chi connectivity index (χ0v) is 12.3. The normalized spacial score (nSPS) is 10.2. The van der Waals surface area contributed by atoms with Gasteiger partial charge in [0.05, 0.1) is 31.8 Å². The van der Waals surface area contributed by atoms with E-state index >= 15 is 0 Å². The Labute approximate surface area is 124 Å². The third-order valence-electron chi connectivity index (χ3n) is 2.83. The lowest BCUT2D eigenvalue weighted by Gasteiger charge is -2.09. The van der Waals surface area contributed by atoms with Crippen LogP contribution in [-0.4, -0.2) is 23.7 Å². The van der Waals surface area contributed by atoms with Crippen LogP contribution in [0.3, 0.4) is 0 Å². The van der Waals surface area contributed by atoms with Crippen LogP contribution in [0.5, 0.6) is 11.6 Å². The first-order valence-electron chi connectivity index (χ1n) is 6.84. The molecule has 0 atom stereocenters. The van der Waals surface area contributed by atoms with Gasteiger partial charge in [-0.3, -0.25) is 4.98 Å². The maximum absolute atomic E-state index is 5.88. The maximum Gasteiger partial charge on any atom is 0.234 e. The van der Waals surface area contributed by atoms with Gasteiger partial charge >= 0.3 is 0 Å². The quantitative estimate of drug-likeness (QED) is 0.762. The minimum absolute atomic E-state index is 0.524. The number of anilines is 2. The Morgan fingerprint density at radius 1 is 1.29 bits per heavy atom. The van der Waals surface area contributed by atoms with Gasteiger partial charge in [-0.2, -0.15) is 4.98 Å². The van der Waals surface area contributed by atoms with Gasteiger partial charge in [0.15, 0.2) is 0 Å². The number of ether oxygens (including phenoxy) is 2. The third-order valence-corrected chi connectivity index (χ3v) is 2.83. The molecule has 112 valence electrons. The Morgan fingerprint density at radius 2 is 2.14 bits per heavy atom.